The third-order valence-electron chi connectivity index (χ3n) is 2.25. The van der Waals surface area contributed by atoms with E-state index in [0.717, 1.165) is 11.6 Å². The molecule has 2 rings (SSSR count). The van der Waals surface area contributed by atoms with E-state index in [1.807, 2.05) is 30.3 Å². The molecule has 0 spiro atoms. The van der Waals surface area contributed by atoms with Crippen molar-refractivity contribution in [3.8, 4) is 0 Å². The number of benzene rings is 2. The molecule has 2 aromatic rings. The second-order valence-electron chi connectivity index (χ2n) is 3.58. The van der Waals surface area contributed by atoms with Crippen LogP contribution >= 0.6 is 0 Å². The van der Waals surface area contributed by atoms with Crippen LogP contribution in [0.3, 0.4) is 0 Å². The van der Waals surface area contributed by atoms with Crippen molar-refractivity contribution in [1.82, 2.24) is 0 Å². The maximum Gasteiger partial charge on any atom is 0.145 e. The molecule has 0 N–H and O–H groups in total. The number of hydrogen-bond donors (Lipinski definition) is 0. The van der Waals surface area contributed by atoms with Crippen LogP contribution in [0.25, 0.3) is 0 Å². The number of nitrogens with zero attached hydrogens (tertiary/aromatic N) is 1. The first-order valence-corrected chi connectivity index (χ1v) is 5.33. The maximum absolute atomic E-state index is 13.2. The third kappa shape index (κ3) is 3.38. The quantitative estimate of drug-likeness (QED) is 0.598. The summed E-state index contributed by atoms with van der Waals surface area (Å²) in [6.07, 6.45) is 2.65. The zero-order valence-electron chi connectivity index (χ0n) is 9.44. The predicted octanol–water partition coefficient (Wildman–Crippen LogP) is 3.39. The molecule has 4 heteroatoms. The van der Waals surface area contributed by atoms with E-state index in [-0.39, 0.29) is 12.2 Å². The van der Waals surface area contributed by atoms with Gasteiger partial charge in [0, 0.05) is 17.2 Å². The maximum atomic E-state index is 13.2. The molecule has 0 fully saturated rings. The summed E-state index contributed by atoms with van der Waals surface area (Å²) in [5.74, 6) is -1.26. The molecule has 0 atom stereocenters. The molecule has 0 aliphatic rings. The van der Waals surface area contributed by atoms with Crippen LogP contribution in [0, 0.1) is 11.6 Å². The van der Waals surface area contributed by atoms with Crippen LogP contribution in [0.5, 0.6) is 0 Å². The van der Waals surface area contributed by atoms with Gasteiger partial charge in [-0.15, -0.1) is 0 Å². The lowest BCUT2D eigenvalue weighted by Crippen LogP contribution is -1.93. The van der Waals surface area contributed by atoms with E-state index in [4.69, 9.17) is 4.84 Å². The lowest BCUT2D eigenvalue weighted by molar-refractivity contribution is 0.129. The third-order valence-corrected chi connectivity index (χ3v) is 2.25. The minimum Gasteiger partial charge on any atom is -0.390 e. The summed E-state index contributed by atoms with van der Waals surface area (Å²) >= 11 is 0. The van der Waals surface area contributed by atoms with E-state index in [1.165, 1.54) is 12.1 Å². The SMILES string of the molecule is Fc1ccc(CO/N=[C]\c2ccccc2)c(F)c1. The molecule has 1 radical (unpaired) electrons. The van der Waals surface area contributed by atoms with E-state index >= 15 is 0 Å². The smallest absolute Gasteiger partial charge is 0.145 e. The highest BCUT2D eigenvalue weighted by Gasteiger charge is 2.03. The van der Waals surface area contributed by atoms with Gasteiger partial charge in [0.05, 0.1) is 0 Å². The summed E-state index contributed by atoms with van der Waals surface area (Å²) in [5, 5.41) is 3.59. The largest absolute Gasteiger partial charge is 0.390 e. The molecule has 0 aliphatic heterocycles. The van der Waals surface area contributed by atoms with E-state index in [9.17, 15) is 8.78 Å². The summed E-state index contributed by atoms with van der Waals surface area (Å²) in [5.41, 5.74) is 1.01. The summed E-state index contributed by atoms with van der Waals surface area (Å²) in [4.78, 5) is 4.90. The highest BCUT2D eigenvalue weighted by Crippen LogP contribution is 2.10. The van der Waals surface area contributed by atoms with Gasteiger partial charge in [0.15, 0.2) is 0 Å². The number of halogens is 2. The van der Waals surface area contributed by atoms with Crippen molar-refractivity contribution in [1.29, 1.82) is 0 Å². The summed E-state index contributed by atoms with van der Waals surface area (Å²) in [6.45, 7) is -0.0635. The lowest BCUT2D eigenvalue weighted by atomic mass is 10.2. The highest BCUT2D eigenvalue weighted by atomic mass is 19.1. The Morgan fingerprint density at radius 1 is 1.06 bits per heavy atom. The van der Waals surface area contributed by atoms with Gasteiger partial charge in [-0.05, 0) is 12.1 Å². The van der Waals surface area contributed by atoms with Crippen molar-refractivity contribution in [3.63, 3.8) is 0 Å². The van der Waals surface area contributed by atoms with Crippen molar-refractivity contribution in [2.24, 2.45) is 5.16 Å². The summed E-state index contributed by atoms with van der Waals surface area (Å²) in [6, 6.07) is 12.5. The molecule has 0 bridgehead atoms. The minimum absolute atomic E-state index is 0.0635. The van der Waals surface area contributed by atoms with Gasteiger partial charge < -0.3 is 4.84 Å². The van der Waals surface area contributed by atoms with Crippen LogP contribution < -0.4 is 0 Å². The monoisotopic (exact) mass is 246 g/mol. The van der Waals surface area contributed by atoms with Crippen molar-refractivity contribution in [2.45, 2.75) is 6.61 Å². The first-order chi connectivity index (χ1) is 8.75. The van der Waals surface area contributed by atoms with Crippen molar-refractivity contribution in [2.75, 3.05) is 0 Å². The van der Waals surface area contributed by atoms with Gasteiger partial charge in [0.1, 0.15) is 24.5 Å². The van der Waals surface area contributed by atoms with Crippen LogP contribution in [0.1, 0.15) is 11.1 Å². The average molecular weight is 246 g/mol. The normalized spacial score (nSPS) is 10.8. The van der Waals surface area contributed by atoms with Gasteiger partial charge in [0.25, 0.3) is 0 Å². The molecule has 18 heavy (non-hydrogen) atoms. The fourth-order valence-electron chi connectivity index (χ4n) is 1.34. The van der Waals surface area contributed by atoms with Gasteiger partial charge in [-0.3, -0.25) is 0 Å². The fraction of sp³-hybridized carbons (Fsp3) is 0.0714. The molecule has 0 heterocycles. The average Bonchev–Trinajstić information content (AvgIpc) is 2.38. The van der Waals surface area contributed by atoms with E-state index in [1.54, 1.807) is 0 Å². The Labute approximate surface area is 104 Å². The molecule has 0 unspecified atom stereocenters. The van der Waals surface area contributed by atoms with Gasteiger partial charge >= 0.3 is 0 Å². The second kappa shape index (κ2) is 5.91. The van der Waals surface area contributed by atoms with Crippen LogP contribution in [-0.4, -0.2) is 6.21 Å². The predicted molar refractivity (Wildman–Crippen MR) is 64.1 cm³/mol. The fourth-order valence-corrected chi connectivity index (χ4v) is 1.34. The first-order valence-electron chi connectivity index (χ1n) is 5.33. The topological polar surface area (TPSA) is 21.6 Å². The van der Waals surface area contributed by atoms with Crippen LogP contribution in [0.4, 0.5) is 8.78 Å². The molecule has 91 valence electrons. The highest BCUT2D eigenvalue weighted by molar-refractivity contribution is 5.78. The molecule has 2 nitrogen and oxygen atoms in total. The standard InChI is InChI=1S/C14H10F2NO/c15-13-7-6-12(14(16)8-13)10-18-17-9-11-4-2-1-3-5-11/h1-8H,10H2. The molecule has 0 saturated heterocycles. The molecule has 2 aromatic carbocycles. The van der Waals surface area contributed by atoms with Gasteiger partial charge in [0.2, 0.25) is 0 Å². The van der Waals surface area contributed by atoms with E-state index in [0.29, 0.717) is 0 Å². The summed E-state index contributed by atoms with van der Waals surface area (Å²) < 4.78 is 25.9. The zero-order valence-corrected chi connectivity index (χ0v) is 9.44. The van der Waals surface area contributed by atoms with Crippen molar-refractivity contribution < 1.29 is 13.6 Å². The minimum atomic E-state index is -0.648. The van der Waals surface area contributed by atoms with Crippen molar-refractivity contribution >= 4 is 6.21 Å². The second-order valence-corrected chi connectivity index (χ2v) is 3.58. The van der Waals surface area contributed by atoms with Crippen LogP contribution in [0.15, 0.2) is 53.7 Å². The molecule has 0 saturated carbocycles. The van der Waals surface area contributed by atoms with Crippen LogP contribution in [0.2, 0.25) is 0 Å². The molecular weight excluding hydrogens is 236 g/mol. The Morgan fingerprint density at radius 3 is 2.56 bits per heavy atom. The Balaban J connectivity index is 1.91. The first kappa shape index (κ1) is 12.2. The van der Waals surface area contributed by atoms with Gasteiger partial charge in [-0.2, -0.15) is 0 Å². The Bertz CT molecular complexity index is 541. The van der Waals surface area contributed by atoms with Crippen molar-refractivity contribution in [3.05, 3.63) is 71.3 Å². The molecular formula is C14H10F2NO. The van der Waals surface area contributed by atoms with Gasteiger partial charge in [-0.25, -0.2) is 8.78 Å². The Morgan fingerprint density at radius 2 is 1.83 bits per heavy atom. The zero-order chi connectivity index (χ0) is 12.8. The lowest BCUT2D eigenvalue weighted by Gasteiger charge is -2.01. The number of hydrogen-bond acceptors (Lipinski definition) is 2. The summed E-state index contributed by atoms with van der Waals surface area (Å²) in [7, 11) is 0. The number of rotatable bonds is 4. The molecule has 0 amide bonds. The van der Waals surface area contributed by atoms with E-state index < -0.39 is 11.6 Å². The molecule has 0 aliphatic carbocycles. The Hall–Kier alpha value is -2.23. The van der Waals surface area contributed by atoms with Gasteiger partial charge in [-0.1, -0.05) is 35.5 Å². The van der Waals surface area contributed by atoms with Crippen LogP contribution in [-0.2, 0) is 11.4 Å². The Kier molecular flexibility index (Phi) is 4.02. The molecule has 0 aromatic heterocycles. The van der Waals surface area contributed by atoms with E-state index in [2.05, 4.69) is 11.4 Å².